The molecule has 23 heavy (non-hydrogen) atoms. The van der Waals surface area contributed by atoms with Gasteiger partial charge in [-0.3, -0.25) is 4.79 Å². The van der Waals surface area contributed by atoms with Gasteiger partial charge in [0.25, 0.3) is 5.91 Å². The van der Waals surface area contributed by atoms with E-state index in [0.29, 0.717) is 17.2 Å². The molecule has 0 unspecified atom stereocenters. The maximum atomic E-state index is 12.4. The van der Waals surface area contributed by atoms with E-state index < -0.39 is 6.10 Å². The van der Waals surface area contributed by atoms with Gasteiger partial charge < -0.3 is 14.8 Å². The molecule has 0 radical (unpaired) electrons. The highest BCUT2D eigenvalue weighted by atomic mass is 32.1. The van der Waals surface area contributed by atoms with Crippen LogP contribution in [0.2, 0.25) is 0 Å². The quantitative estimate of drug-likeness (QED) is 0.784. The zero-order valence-electron chi connectivity index (χ0n) is 12.4. The predicted octanol–water partition coefficient (Wildman–Crippen LogP) is 3.38. The number of hydrogen-bond donors (Lipinski definition) is 1. The molecule has 0 saturated heterocycles. The van der Waals surface area contributed by atoms with Crippen LogP contribution in [0.25, 0.3) is 10.2 Å². The second-order valence-corrected chi connectivity index (χ2v) is 6.50. The Morgan fingerprint density at radius 3 is 2.96 bits per heavy atom. The number of ether oxygens (including phenoxy) is 2. The molecule has 1 aliphatic rings. The Labute approximate surface area is 136 Å². The Hall–Kier alpha value is -2.60. The Balaban J connectivity index is 1.51. The third-order valence-electron chi connectivity index (χ3n) is 3.56. The summed E-state index contributed by atoms with van der Waals surface area (Å²) in [5.74, 6) is 1.02. The molecule has 116 valence electrons. The molecular formula is C17H14N2O3S. The van der Waals surface area contributed by atoms with Crippen LogP contribution in [0.15, 0.2) is 42.5 Å². The molecule has 2 aromatic carbocycles. The topological polar surface area (TPSA) is 60.5 Å². The Kier molecular flexibility index (Phi) is 3.38. The summed E-state index contributed by atoms with van der Waals surface area (Å²) in [7, 11) is 0. The number of rotatable bonds is 2. The van der Waals surface area contributed by atoms with E-state index in [-0.39, 0.29) is 12.5 Å². The molecule has 5 nitrogen and oxygen atoms in total. The molecule has 6 heteroatoms. The number of fused-ring (bicyclic) bond motifs is 2. The van der Waals surface area contributed by atoms with Crippen molar-refractivity contribution in [2.24, 2.45) is 0 Å². The molecule has 0 spiro atoms. The van der Waals surface area contributed by atoms with Gasteiger partial charge in [-0.15, -0.1) is 11.3 Å². The summed E-state index contributed by atoms with van der Waals surface area (Å²) in [6, 6.07) is 13.0. The second kappa shape index (κ2) is 5.55. The fraction of sp³-hybridized carbons (Fsp3) is 0.176. The van der Waals surface area contributed by atoms with Crippen LogP contribution in [-0.4, -0.2) is 23.6 Å². The second-order valence-electron chi connectivity index (χ2n) is 5.27. The fourth-order valence-corrected chi connectivity index (χ4v) is 3.30. The van der Waals surface area contributed by atoms with Gasteiger partial charge in [-0.25, -0.2) is 4.98 Å². The van der Waals surface area contributed by atoms with Crippen molar-refractivity contribution in [1.29, 1.82) is 0 Å². The highest BCUT2D eigenvalue weighted by Crippen LogP contribution is 2.31. The van der Waals surface area contributed by atoms with Crippen LogP contribution in [0.4, 0.5) is 5.69 Å². The molecule has 0 saturated carbocycles. The van der Waals surface area contributed by atoms with Gasteiger partial charge in [0, 0.05) is 5.69 Å². The van der Waals surface area contributed by atoms with Crippen LogP contribution in [-0.2, 0) is 4.79 Å². The van der Waals surface area contributed by atoms with Crippen molar-refractivity contribution in [3.05, 3.63) is 47.5 Å². The average molecular weight is 326 g/mol. The molecule has 1 aliphatic heterocycles. The normalized spacial score (nSPS) is 16.3. The van der Waals surface area contributed by atoms with Crippen molar-refractivity contribution in [2.75, 3.05) is 11.9 Å². The number of hydrogen-bond acceptors (Lipinski definition) is 5. The van der Waals surface area contributed by atoms with E-state index in [2.05, 4.69) is 10.3 Å². The largest absolute Gasteiger partial charge is 0.485 e. The number of benzene rings is 2. The van der Waals surface area contributed by atoms with Crippen molar-refractivity contribution < 1.29 is 14.3 Å². The zero-order valence-corrected chi connectivity index (χ0v) is 13.2. The van der Waals surface area contributed by atoms with E-state index in [1.54, 1.807) is 17.4 Å². The van der Waals surface area contributed by atoms with Gasteiger partial charge in [0.1, 0.15) is 6.61 Å². The van der Waals surface area contributed by atoms with E-state index in [9.17, 15) is 4.79 Å². The first-order valence-electron chi connectivity index (χ1n) is 7.25. The van der Waals surface area contributed by atoms with E-state index in [1.165, 1.54) is 0 Å². The number of carbonyl (C=O) groups excluding carboxylic acids is 1. The number of nitrogens with zero attached hydrogens (tertiary/aromatic N) is 1. The standard InChI is InChI=1S/C17H14N2O3S/c1-10-18-12-8-11(6-7-16(12)23-10)19-17(20)15-9-21-13-4-2-3-5-14(13)22-15/h2-8,15H,9H2,1H3,(H,19,20)/t15-/m1/s1. The Morgan fingerprint density at radius 1 is 1.26 bits per heavy atom. The lowest BCUT2D eigenvalue weighted by molar-refractivity contribution is -0.125. The summed E-state index contributed by atoms with van der Waals surface area (Å²) in [6.45, 7) is 2.16. The van der Waals surface area contributed by atoms with Gasteiger partial charge in [0.2, 0.25) is 6.10 Å². The summed E-state index contributed by atoms with van der Waals surface area (Å²) in [4.78, 5) is 16.8. The van der Waals surface area contributed by atoms with Gasteiger partial charge >= 0.3 is 0 Å². The number of aromatic nitrogens is 1. The van der Waals surface area contributed by atoms with E-state index in [1.807, 2.05) is 43.3 Å². The molecule has 0 bridgehead atoms. The summed E-state index contributed by atoms with van der Waals surface area (Å²) in [5, 5.41) is 3.87. The third-order valence-corrected chi connectivity index (χ3v) is 4.51. The van der Waals surface area contributed by atoms with Crippen LogP contribution in [0.3, 0.4) is 0 Å². The van der Waals surface area contributed by atoms with Crippen LogP contribution in [0.5, 0.6) is 11.5 Å². The smallest absolute Gasteiger partial charge is 0.269 e. The van der Waals surface area contributed by atoms with E-state index in [4.69, 9.17) is 9.47 Å². The minimum absolute atomic E-state index is 0.195. The number of anilines is 1. The first kappa shape index (κ1) is 14.0. The van der Waals surface area contributed by atoms with Crippen molar-refractivity contribution in [3.63, 3.8) is 0 Å². The van der Waals surface area contributed by atoms with E-state index in [0.717, 1.165) is 15.2 Å². The van der Waals surface area contributed by atoms with Gasteiger partial charge in [-0.2, -0.15) is 0 Å². The Bertz CT molecular complexity index is 890. The lowest BCUT2D eigenvalue weighted by Gasteiger charge is -2.25. The number of amides is 1. The van der Waals surface area contributed by atoms with Crippen LogP contribution >= 0.6 is 11.3 Å². The maximum absolute atomic E-state index is 12.4. The monoisotopic (exact) mass is 326 g/mol. The number of aryl methyl sites for hydroxylation is 1. The maximum Gasteiger partial charge on any atom is 0.269 e. The van der Waals surface area contributed by atoms with Gasteiger partial charge in [-0.05, 0) is 37.3 Å². The minimum atomic E-state index is -0.669. The summed E-state index contributed by atoms with van der Waals surface area (Å²) >= 11 is 1.63. The van der Waals surface area contributed by atoms with Crippen molar-refractivity contribution in [2.45, 2.75) is 13.0 Å². The molecule has 1 amide bonds. The lowest BCUT2D eigenvalue weighted by Crippen LogP contribution is -2.40. The molecule has 0 aliphatic carbocycles. The SMILES string of the molecule is Cc1nc2cc(NC(=O)[C@H]3COc4ccccc4O3)ccc2s1. The van der Waals surface area contributed by atoms with Gasteiger partial charge in [0.05, 0.1) is 15.2 Å². The number of para-hydroxylation sites is 2. The van der Waals surface area contributed by atoms with Crippen molar-refractivity contribution >= 4 is 33.1 Å². The summed E-state index contributed by atoms with van der Waals surface area (Å²) in [5.41, 5.74) is 1.59. The molecule has 0 fully saturated rings. The highest BCUT2D eigenvalue weighted by Gasteiger charge is 2.27. The zero-order chi connectivity index (χ0) is 15.8. The molecular weight excluding hydrogens is 312 g/mol. The Morgan fingerprint density at radius 2 is 2.09 bits per heavy atom. The van der Waals surface area contributed by atoms with Crippen molar-refractivity contribution in [1.82, 2.24) is 4.98 Å². The first-order valence-corrected chi connectivity index (χ1v) is 8.07. The minimum Gasteiger partial charge on any atom is -0.485 e. The summed E-state index contributed by atoms with van der Waals surface area (Å²) in [6.07, 6.45) is -0.669. The average Bonchev–Trinajstić information content (AvgIpc) is 2.93. The predicted molar refractivity (Wildman–Crippen MR) is 89.3 cm³/mol. The molecule has 4 rings (SSSR count). The molecule has 1 atom stereocenters. The third kappa shape index (κ3) is 2.73. The molecule has 1 aromatic heterocycles. The number of thiazole rings is 1. The van der Waals surface area contributed by atoms with Gasteiger partial charge in [-0.1, -0.05) is 12.1 Å². The lowest BCUT2D eigenvalue weighted by atomic mass is 10.2. The van der Waals surface area contributed by atoms with Crippen molar-refractivity contribution in [3.8, 4) is 11.5 Å². The number of nitrogens with one attached hydrogen (secondary N) is 1. The highest BCUT2D eigenvalue weighted by molar-refractivity contribution is 7.18. The number of carbonyl (C=O) groups is 1. The summed E-state index contributed by atoms with van der Waals surface area (Å²) < 4.78 is 12.4. The van der Waals surface area contributed by atoms with Crippen LogP contribution in [0.1, 0.15) is 5.01 Å². The molecule has 2 heterocycles. The molecule has 1 N–H and O–H groups in total. The van der Waals surface area contributed by atoms with E-state index >= 15 is 0 Å². The fourth-order valence-electron chi connectivity index (χ4n) is 2.49. The molecule has 3 aromatic rings. The first-order chi connectivity index (χ1) is 11.2. The van der Waals surface area contributed by atoms with Gasteiger partial charge in [0.15, 0.2) is 11.5 Å². The van der Waals surface area contributed by atoms with Crippen LogP contribution < -0.4 is 14.8 Å². The van der Waals surface area contributed by atoms with Crippen LogP contribution in [0, 0.1) is 6.92 Å².